The normalized spacial score (nSPS) is 23.2. The van der Waals surface area contributed by atoms with Crippen LogP contribution in [0.5, 0.6) is 0 Å². The quantitative estimate of drug-likeness (QED) is 0.825. The number of hydrogen-bond donors (Lipinski definition) is 1. The molecule has 0 aromatic carbocycles. The van der Waals surface area contributed by atoms with Crippen LogP contribution in [0, 0.1) is 0 Å². The molecular formula is C12H20N4. The Bertz CT molecular complexity index is 335. The first-order chi connectivity index (χ1) is 7.93. The molecule has 1 N–H and O–H groups in total. The summed E-state index contributed by atoms with van der Waals surface area (Å²) in [7, 11) is 0. The summed E-state index contributed by atoms with van der Waals surface area (Å²) in [5, 5.41) is 3.44. The van der Waals surface area contributed by atoms with Crippen molar-refractivity contribution in [3.8, 4) is 0 Å². The second kappa shape index (κ2) is 4.55. The lowest BCUT2D eigenvalue weighted by Crippen LogP contribution is -2.28. The van der Waals surface area contributed by atoms with Gasteiger partial charge in [-0.15, -0.1) is 0 Å². The molecular weight excluding hydrogens is 200 g/mol. The fourth-order valence-corrected chi connectivity index (χ4v) is 2.42. The summed E-state index contributed by atoms with van der Waals surface area (Å²) in [5.74, 6) is 0. The van der Waals surface area contributed by atoms with Crippen molar-refractivity contribution in [1.29, 1.82) is 0 Å². The van der Waals surface area contributed by atoms with E-state index in [2.05, 4.69) is 19.8 Å². The molecule has 0 unspecified atom stereocenters. The van der Waals surface area contributed by atoms with Crippen LogP contribution in [0.4, 0.5) is 0 Å². The fourth-order valence-electron chi connectivity index (χ4n) is 2.42. The van der Waals surface area contributed by atoms with Crippen LogP contribution in [-0.4, -0.2) is 40.6 Å². The smallest absolute Gasteiger partial charge is 0.0951 e. The summed E-state index contributed by atoms with van der Waals surface area (Å²) in [5.41, 5.74) is 1.39. The summed E-state index contributed by atoms with van der Waals surface area (Å²) >= 11 is 0. The molecule has 3 rings (SSSR count). The predicted octanol–water partition coefficient (Wildman–Crippen LogP) is 1.01. The molecule has 1 saturated heterocycles. The largest absolute Gasteiger partial charge is 0.330 e. The van der Waals surface area contributed by atoms with Crippen molar-refractivity contribution < 1.29 is 0 Å². The van der Waals surface area contributed by atoms with Crippen LogP contribution in [-0.2, 0) is 6.54 Å². The molecule has 2 fully saturated rings. The topological polar surface area (TPSA) is 33.1 Å². The Morgan fingerprint density at radius 3 is 3.12 bits per heavy atom. The molecule has 1 saturated carbocycles. The molecule has 2 aliphatic rings. The maximum absolute atomic E-state index is 4.29. The van der Waals surface area contributed by atoms with E-state index in [0.717, 1.165) is 25.7 Å². The summed E-state index contributed by atoms with van der Waals surface area (Å²) in [6, 6.07) is 0.752. The van der Waals surface area contributed by atoms with Crippen LogP contribution >= 0.6 is 0 Å². The van der Waals surface area contributed by atoms with E-state index in [9.17, 15) is 0 Å². The van der Waals surface area contributed by atoms with E-state index in [-0.39, 0.29) is 0 Å². The Morgan fingerprint density at radius 2 is 2.25 bits per heavy atom. The lowest BCUT2D eigenvalue weighted by molar-refractivity contribution is 0.276. The molecule has 0 atom stereocenters. The third-order valence-electron chi connectivity index (χ3n) is 3.50. The Morgan fingerprint density at radius 1 is 1.31 bits per heavy atom. The highest BCUT2D eigenvalue weighted by Crippen LogP contribution is 2.35. The molecule has 0 amide bonds. The van der Waals surface area contributed by atoms with Gasteiger partial charge in [0.05, 0.1) is 12.0 Å². The molecule has 0 spiro atoms. The van der Waals surface area contributed by atoms with Crippen molar-refractivity contribution in [2.24, 2.45) is 0 Å². The molecule has 4 heteroatoms. The van der Waals surface area contributed by atoms with E-state index in [1.807, 2.05) is 12.5 Å². The van der Waals surface area contributed by atoms with E-state index < -0.39 is 0 Å². The number of rotatable bonds is 3. The van der Waals surface area contributed by atoms with Crippen molar-refractivity contribution in [2.75, 3.05) is 26.2 Å². The molecule has 1 aromatic heterocycles. The van der Waals surface area contributed by atoms with Gasteiger partial charge in [-0.25, -0.2) is 4.98 Å². The van der Waals surface area contributed by atoms with Crippen LogP contribution in [0.15, 0.2) is 12.5 Å². The van der Waals surface area contributed by atoms with Crippen LogP contribution in [0.1, 0.15) is 31.0 Å². The number of aromatic nitrogens is 2. The maximum atomic E-state index is 4.29. The monoisotopic (exact) mass is 220 g/mol. The van der Waals surface area contributed by atoms with Gasteiger partial charge >= 0.3 is 0 Å². The van der Waals surface area contributed by atoms with E-state index in [1.54, 1.807) is 0 Å². The molecule has 1 aliphatic heterocycles. The Labute approximate surface area is 96.7 Å². The zero-order valence-electron chi connectivity index (χ0n) is 9.73. The number of hydrogen-bond acceptors (Lipinski definition) is 3. The third kappa shape index (κ3) is 2.28. The SMILES string of the molecule is c1ncn(C2CC2)c1CN1CCCNCC1. The van der Waals surface area contributed by atoms with Gasteiger partial charge in [0.25, 0.3) is 0 Å². The first-order valence-corrected chi connectivity index (χ1v) is 6.37. The van der Waals surface area contributed by atoms with Crippen molar-refractivity contribution in [1.82, 2.24) is 19.8 Å². The first kappa shape index (κ1) is 10.3. The molecule has 88 valence electrons. The molecule has 0 radical (unpaired) electrons. The average Bonchev–Trinajstić information content (AvgIpc) is 3.07. The molecule has 1 aliphatic carbocycles. The lowest BCUT2D eigenvalue weighted by atomic mass is 10.3. The van der Waals surface area contributed by atoms with Gasteiger partial charge in [-0.3, -0.25) is 4.90 Å². The fraction of sp³-hybridized carbons (Fsp3) is 0.750. The second-order valence-corrected chi connectivity index (χ2v) is 4.90. The van der Waals surface area contributed by atoms with E-state index in [4.69, 9.17) is 0 Å². The summed E-state index contributed by atoms with van der Waals surface area (Å²) < 4.78 is 2.37. The van der Waals surface area contributed by atoms with Crippen LogP contribution in [0.3, 0.4) is 0 Å². The van der Waals surface area contributed by atoms with Gasteiger partial charge in [-0.2, -0.15) is 0 Å². The van der Waals surface area contributed by atoms with Gasteiger partial charge in [0.1, 0.15) is 0 Å². The molecule has 1 aromatic rings. The Hall–Kier alpha value is -0.870. The maximum Gasteiger partial charge on any atom is 0.0951 e. The van der Waals surface area contributed by atoms with Crippen molar-refractivity contribution in [3.63, 3.8) is 0 Å². The van der Waals surface area contributed by atoms with Gasteiger partial charge in [0.2, 0.25) is 0 Å². The van der Waals surface area contributed by atoms with Crippen molar-refractivity contribution >= 4 is 0 Å². The highest BCUT2D eigenvalue weighted by atomic mass is 15.2. The lowest BCUT2D eigenvalue weighted by Gasteiger charge is -2.20. The van der Waals surface area contributed by atoms with E-state index in [0.29, 0.717) is 0 Å². The van der Waals surface area contributed by atoms with Crippen LogP contribution in [0.25, 0.3) is 0 Å². The van der Waals surface area contributed by atoms with E-state index in [1.165, 1.54) is 38.0 Å². The van der Waals surface area contributed by atoms with Crippen LogP contribution < -0.4 is 5.32 Å². The second-order valence-electron chi connectivity index (χ2n) is 4.90. The van der Waals surface area contributed by atoms with E-state index >= 15 is 0 Å². The van der Waals surface area contributed by atoms with Gasteiger partial charge < -0.3 is 9.88 Å². The highest BCUT2D eigenvalue weighted by Gasteiger charge is 2.25. The minimum absolute atomic E-state index is 0.752. The number of nitrogens with zero attached hydrogens (tertiary/aromatic N) is 3. The average molecular weight is 220 g/mol. The number of imidazole rings is 1. The first-order valence-electron chi connectivity index (χ1n) is 6.37. The minimum atomic E-state index is 0.752. The van der Waals surface area contributed by atoms with Crippen molar-refractivity contribution in [2.45, 2.75) is 31.8 Å². The van der Waals surface area contributed by atoms with Crippen molar-refractivity contribution in [3.05, 3.63) is 18.2 Å². The molecule has 4 nitrogen and oxygen atoms in total. The van der Waals surface area contributed by atoms with Gasteiger partial charge in [0.15, 0.2) is 0 Å². The predicted molar refractivity (Wildman–Crippen MR) is 63.3 cm³/mol. The van der Waals surface area contributed by atoms with Gasteiger partial charge in [-0.05, 0) is 32.4 Å². The minimum Gasteiger partial charge on any atom is -0.330 e. The van der Waals surface area contributed by atoms with Gasteiger partial charge in [0, 0.05) is 31.9 Å². The third-order valence-corrected chi connectivity index (χ3v) is 3.50. The van der Waals surface area contributed by atoms with Crippen LogP contribution in [0.2, 0.25) is 0 Å². The summed E-state index contributed by atoms with van der Waals surface area (Å²) in [6.07, 6.45) is 7.98. The zero-order chi connectivity index (χ0) is 10.8. The Kier molecular flexibility index (Phi) is 2.93. The highest BCUT2D eigenvalue weighted by molar-refractivity contribution is 5.03. The summed E-state index contributed by atoms with van der Waals surface area (Å²) in [4.78, 5) is 6.83. The number of nitrogens with one attached hydrogen (secondary N) is 1. The Balaban J connectivity index is 1.65. The van der Waals surface area contributed by atoms with Gasteiger partial charge in [-0.1, -0.05) is 0 Å². The molecule has 0 bridgehead atoms. The standard InChI is InChI=1S/C12H20N4/c1-4-13-5-7-15(6-1)9-12-8-14-10-16(12)11-2-3-11/h8,10-11,13H,1-7,9H2. The molecule has 2 heterocycles. The summed E-state index contributed by atoms with van der Waals surface area (Å²) in [6.45, 7) is 5.73. The zero-order valence-corrected chi connectivity index (χ0v) is 9.73. The molecule has 16 heavy (non-hydrogen) atoms.